The molecule has 9 heteroatoms. The first-order chi connectivity index (χ1) is 13.8. The molecule has 0 fully saturated rings. The van der Waals surface area contributed by atoms with Gasteiger partial charge in [0.05, 0.1) is 17.5 Å². The lowest BCUT2D eigenvalue weighted by Gasteiger charge is -2.19. The number of nitrogens with zero attached hydrogens (tertiary/aromatic N) is 1. The average molecular weight is 399 g/mol. The fourth-order valence-corrected chi connectivity index (χ4v) is 2.78. The fourth-order valence-electron chi connectivity index (χ4n) is 2.78. The summed E-state index contributed by atoms with van der Waals surface area (Å²) in [5, 5.41) is 24.9. The van der Waals surface area contributed by atoms with Crippen LogP contribution in [0.2, 0.25) is 0 Å². The standard InChI is InChI=1S/C20H21N3O6/c1-13-11-15(7-9-17(13)23(28)29)20(27)21-12-18(24)22-16(8-10-19(25)26)14-5-3-2-4-6-14/h2-7,9,11,16H,8,10,12H2,1H3,(H,21,27)(H,22,24)(H,25,26). The van der Waals surface area contributed by atoms with Gasteiger partial charge in [0, 0.05) is 23.6 Å². The molecular formula is C20H21N3O6. The Morgan fingerprint density at radius 2 is 1.83 bits per heavy atom. The van der Waals surface area contributed by atoms with Gasteiger partial charge in [0.25, 0.3) is 11.6 Å². The minimum absolute atomic E-state index is 0.0940. The number of rotatable bonds is 9. The number of aryl methyl sites for hydroxylation is 1. The molecule has 0 aliphatic rings. The molecule has 0 saturated heterocycles. The molecule has 0 heterocycles. The van der Waals surface area contributed by atoms with Gasteiger partial charge in [-0.15, -0.1) is 0 Å². The molecule has 2 amide bonds. The molecule has 3 N–H and O–H groups in total. The third-order valence-corrected chi connectivity index (χ3v) is 4.25. The number of carboxylic acids is 1. The van der Waals surface area contributed by atoms with E-state index in [1.165, 1.54) is 25.1 Å². The molecule has 1 unspecified atom stereocenters. The number of carbonyl (C=O) groups excluding carboxylic acids is 2. The zero-order valence-corrected chi connectivity index (χ0v) is 15.8. The van der Waals surface area contributed by atoms with Crippen molar-refractivity contribution in [1.82, 2.24) is 10.6 Å². The van der Waals surface area contributed by atoms with Crippen molar-refractivity contribution in [1.29, 1.82) is 0 Å². The van der Waals surface area contributed by atoms with E-state index in [2.05, 4.69) is 10.6 Å². The normalized spacial score (nSPS) is 11.3. The van der Waals surface area contributed by atoms with Crippen molar-refractivity contribution in [2.75, 3.05) is 6.54 Å². The van der Waals surface area contributed by atoms with Crippen LogP contribution in [0.1, 0.15) is 40.4 Å². The summed E-state index contributed by atoms with van der Waals surface area (Å²) in [6.07, 6.45) is 0.0921. The Kier molecular flexibility index (Phi) is 7.41. The van der Waals surface area contributed by atoms with E-state index in [0.29, 0.717) is 5.56 Å². The van der Waals surface area contributed by atoms with Crippen molar-refractivity contribution in [2.45, 2.75) is 25.8 Å². The van der Waals surface area contributed by atoms with E-state index in [1.54, 1.807) is 24.3 Å². The summed E-state index contributed by atoms with van der Waals surface area (Å²) in [7, 11) is 0. The van der Waals surface area contributed by atoms with Crippen LogP contribution in [0.25, 0.3) is 0 Å². The molecule has 0 aliphatic heterocycles. The number of nitrogens with one attached hydrogen (secondary N) is 2. The lowest BCUT2D eigenvalue weighted by molar-refractivity contribution is -0.385. The average Bonchev–Trinajstić information content (AvgIpc) is 2.69. The number of carbonyl (C=O) groups is 3. The van der Waals surface area contributed by atoms with Crippen molar-refractivity contribution in [3.05, 3.63) is 75.3 Å². The molecule has 2 rings (SSSR count). The molecule has 0 radical (unpaired) electrons. The largest absolute Gasteiger partial charge is 0.481 e. The molecule has 0 aromatic heterocycles. The number of hydrogen-bond acceptors (Lipinski definition) is 5. The summed E-state index contributed by atoms with van der Waals surface area (Å²) < 4.78 is 0. The van der Waals surface area contributed by atoms with E-state index in [0.717, 1.165) is 5.56 Å². The zero-order chi connectivity index (χ0) is 21.4. The molecule has 9 nitrogen and oxygen atoms in total. The van der Waals surface area contributed by atoms with Gasteiger partial charge >= 0.3 is 5.97 Å². The van der Waals surface area contributed by atoms with E-state index in [1.807, 2.05) is 6.07 Å². The number of aliphatic carboxylic acids is 1. The van der Waals surface area contributed by atoms with E-state index in [9.17, 15) is 24.5 Å². The van der Waals surface area contributed by atoms with Gasteiger partial charge in [0.2, 0.25) is 5.91 Å². The van der Waals surface area contributed by atoms with Crippen molar-refractivity contribution in [2.24, 2.45) is 0 Å². The maximum atomic E-state index is 12.3. The van der Waals surface area contributed by atoms with Gasteiger partial charge in [-0.3, -0.25) is 24.5 Å². The smallest absolute Gasteiger partial charge is 0.303 e. The molecule has 0 bridgehead atoms. The Bertz CT molecular complexity index is 914. The summed E-state index contributed by atoms with van der Waals surface area (Å²) in [6, 6.07) is 12.4. The van der Waals surface area contributed by atoms with Crippen LogP contribution in [0.15, 0.2) is 48.5 Å². The van der Waals surface area contributed by atoms with Crippen molar-refractivity contribution in [3.8, 4) is 0 Å². The van der Waals surface area contributed by atoms with Crippen molar-refractivity contribution in [3.63, 3.8) is 0 Å². The minimum Gasteiger partial charge on any atom is -0.481 e. The summed E-state index contributed by atoms with van der Waals surface area (Å²) in [6.45, 7) is 1.21. The molecule has 0 aliphatic carbocycles. The van der Waals surface area contributed by atoms with Crippen LogP contribution in [-0.4, -0.2) is 34.4 Å². The summed E-state index contributed by atoms with van der Waals surface area (Å²) in [4.78, 5) is 45.7. The molecule has 2 aromatic carbocycles. The third-order valence-electron chi connectivity index (χ3n) is 4.25. The molecule has 2 aromatic rings. The van der Waals surface area contributed by atoms with Gasteiger partial charge in [-0.2, -0.15) is 0 Å². The Morgan fingerprint density at radius 1 is 1.14 bits per heavy atom. The molecular weight excluding hydrogens is 378 g/mol. The zero-order valence-electron chi connectivity index (χ0n) is 15.8. The number of hydrogen-bond donors (Lipinski definition) is 3. The highest BCUT2D eigenvalue weighted by Gasteiger charge is 2.18. The predicted molar refractivity (Wildman–Crippen MR) is 104 cm³/mol. The number of benzene rings is 2. The maximum absolute atomic E-state index is 12.3. The Labute approximate surface area is 166 Å². The van der Waals surface area contributed by atoms with Crippen LogP contribution in [0.3, 0.4) is 0 Å². The maximum Gasteiger partial charge on any atom is 0.303 e. The second-order valence-corrected chi connectivity index (χ2v) is 6.40. The summed E-state index contributed by atoms with van der Waals surface area (Å²) in [5.41, 5.74) is 1.21. The van der Waals surface area contributed by atoms with Gasteiger partial charge in [0.1, 0.15) is 0 Å². The predicted octanol–water partition coefficient (Wildman–Crippen LogP) is 2.36. The molecule has 152 valence electrons. The van der Waals surface area contributed by atoms with Crippen LogP contribution in [0.4, 0.5) is 5.69 Å². The van der Waals surface area contributed by atoms with Gasteiger partial charge in [-0.25, -0.2) is 0 Å². The second kappa shape index (κ2) is 9.98. The quantitative estimate of drug-likeness (QED) is 0.437. The highest BCUT2D eigenvalue weighted by molar-refractivity contribution is 5.96. The third kappa shape index (κ3) is 6.42. The van der Waals surface area contributed by atoms with Gasteiger partial charge in [0.15, 0.2) is 0 Å². The molecule has 29 heavy (non-hydrogen) atoms. The van der Waals surface area contributed by atoms with Gasteiger partial charge in [-0.05, 0) is 31.0 Å². The fraction of sp³-hybridized carbons (Fsp3) is 0.250. The number of nitro groups is 1. The first-order valence-electron chi connectivity index (χ1n) is 8.87. The first kappa shape index (κ1) is 21.5. The number of amides is 2. The van der Waals surface area contributed by atoms with E-state index < -0.39 is 28.7 Å². The Balaban J connectivity index is 1.97. The van der Waals surface area contributed by atoms with E-state index in [-0.39, 0.29) is 30.6 Å². The Hall–Kier alpha value is -3.75. The first-order valence-corrected chi connectivity index (χ1v) is 8.87. The van der Waals surface area contributed by atoms with Gasteiger partial charge in [-0.1, -0.05) is 30.3 Å². The Morgan fingerprint density at radius 3 is 2.41 bits per heavy atom. The van der Waals surface area contributed by atoms with E-state index >= 15 is 0 Å². The molecule has 0 spiro atoms. The molecule has 1 atom stereocenters. The van der Waals surface area contributed by atoms with Crippen molar-refractivity contribution >= 4 is 23.5 Å². The second-order valence-electron chi connectivity index (χ2n) is 6.40. The van der Waals surface area contributed by atoms with Crippen LogP contribution in [0.5, 0.6) is 0 Å². The van der Waals surface area contributed by atoms with Crippen molar-refractivity contribution < 1.29 is 24.4 Å². The van der Waals surface area contributed by atoms with Gasteiger partial charge < -0.3 is 15.7 Å². The SMILES string of the molecule is Cc1cc(C(=O)NCC(=O)NC(CCC(=O)O)c2ccccc2)ccc1[N+](=O)[O-]. The number of carboxylic acid groups (broad SMARTS) is 1. The van der Waals surface area contributed by atoms with Crippen LogP contribution < -0.4 is 10.6 Å². The highest BCUT2D eigenvalue weighted by atomic mass is 16.6. The van der Waals surface area contributed by atoms with Crippen LogP contribution in [-0.2, 0) is 9.59 Å². The monoisotopic (exact) mass is 399 g/mol. The lowest BCUT2D eigenvalue weighted by atomic mass is 10.0. The minimum atomic E-state index is -0.970. The highest BCUT2D eigenvalue weighted by Crippen LogP contribution is 2.19. The van der Waals surface area contributed by atoms with Crippen LogP contribution in [0, 0.1) is 17.0 Å². The van der Waals surface area contributed by atoms with Crippen LogP contribution >= 0.6 is 0 Å². The lowest BCUT2D eigenvalue weighted by Crippen LogP contribution is -2.38. The summed E-state index contributed by atoms with van der Waals surface area (Å²) in [5.74, 6) is -1.99. The summed E-state index contributed by atoms with van der Waals surface area (Å²) >= 11 is 0. The topological polar surface area (TPSA) is 139 Å². The number of nitro benzene ring substituents is 1. The van der Waals surface area contributed by atoms with E-state index in [4.69, 9.17) is 5.11 Å². The molecule has 0 saturated carbocycles.